The summed E-state index contributed by atoms with van der Waals surface area (Å²) in [5.74, 6) is 0. The van der Waals surface area contributed by atoms with Gasteiger partial charge < -0.3 is 4.90 Å². The Morgan fingerprint density at radius 1 is 0.643 bits per heavy atom. The van der Waals surface area contributed by atoms with E-state index in [1.807, 2.05) is 0 Å². The average Bonchev–Trinajstić information content (AvgIpc) is 2.91. The van der Waals surface area contributed by atoms with Gasteiger partial charge in [0.15, 0.2) is 0 Å². The number of benzene rings is 4. The van der Waals surface area contributed by atoms with Crippen LogP contribution in [0.4, 0.5) is 17.1 Å². The molecule has 2 aliphatic rings. The molecule has 6 rings (SSSR count). The van der Waals surface area contributed by atoms with Crippen LogP contribution in [0.5, 0.6) is 0 Å². The molecule has 1 aliphatic heterocycles. The van der Waals surface area contributed by atoms with Crippen LogP contribution in [0.3, 0.4) is 0 Å². The molecule has 0 bridgehead atoms. The summed E-state index contributed by atoms with van der Waals surface area (Å²) in [6.07, 6.45) is 0. The van der Waals surface area contributed by atoms with Crippen LogP contribution in [0, 0.1) is 13.8 Å². The molecule has 1 aliphatic carbocycles. The van der Waals surface area contributed by atoms with Crippen molar-refractivity contribution >= 4 is 27.8 Å². The van der Waals surface area contributed by atoms with Crippen molar-refractivity contribution in [3.8, 4) is 11.1 Å². The first-order valence-corrected chi connectivity index (χ1v) is 10.1. The number of hydrogen-bond acceptors (Lipinski definition) is 1. The minimum Gasteiger partial charge on any atom is -0.309 e. The van der Waals surface area contributed by atoms with Crippen molar-refractivity contribution in [2.45, 2.75) is 33.1 Å². The lowest BCUT2D eigenvalue weighted by atomic mass is 9.82. The molecule has 0 amide bonds. The van der Waals surface area contributed by atoms with Crippen LogP contribution < -0.4 is 4.90 Å². The fourth-order valence-electron chi connectivity index (χ4n) is 5.39. The normalized spacial score (nSPS) is 15.4. The molecule has 1 heteroatoms. The number of rotatable bonds is 1. The van der Waals surface area contributed by atoms with Crippen LogP contribution in [-0.4, -0.2) is 0 Å². The monoisotopic (exact) mass is 361 g/mol. The molecule has 1 nitrogen and oxygen atoms in total. The summed E-state index contributed by atoms with van der Waals surface area (Å²) in [6.45, 7) is 9.12. The zero-order valence-electron chi connectivity index (χ0n) is 16.8. The van der Waals surface area contributed by atoms with Crippen molar-refractivity contribution in [2.75, 3.05) is 4.90 Å². The van der Waals surface area contributed by atoms with E-state index in [1.54, 1.807) is 0 Å². The van der Waals surface area contributed by atoms with Crippen LogP contribution in [0.2, 0.25) is 0 Å². The van der Waals surface area contributed by atoms with E-state index < -0.39 is 0 Å². The minimum atomic E-state index is 0.0332. The molecule has 0 atom stereocenters. The van der Waals surface area contributed by atoms with Gasteiger partial charge >= 0.3 is 0 Å². The maximum atomic E-state index is 2.42. The van der Waals surface area contributed by atoms with E-state index in [0.717, 1.165) is 0 Å². The highest BCUT2D eigenvalue weighted by Crippen LogP contribution is 2.55. The van der Waals surface area contributed by atoms with Gasteiger partial charge in [-0.25, -0.2) is 0 Å². The van der Waals surface area contributed by atoms with Gasteiger partial charge in [-0.05, 0) is 76.9 Å². The summed E-state index contributed by atoms with van der Waals surface area (Å²) in [7, 11) is 0. The van der Waals surface area contributed by atoms with Gasteiger partial charge in [-0.15, -0.1) is 0 Å². The third-order valence-corrected chi connectivity index (χ3v) is 6.84. The van der Waals surface area contributed by atoms with Crippen LogP contribution in [0.15, 0.2) is 66.7 Å². The lowest BCUT2D eigenvalue weighted by Crippen LogP contribution is -2.20. The van der Waals surface area contributed by atoms with Gasteiger partial charge in [0, 0.05) is 16.5 Å². The first kappa shape index (κ1) is 15.9. The van der Waals surface area contributed by atoms with Crippen molar-refractivity contribution < 1.29 is 0 Å². The van der Waals surface area contributed by atoms with E-state index in [1.165, 1.54) is 61.2 Å². The molecule has 1 heterocycles. The first-order chi connectivity index (χ1) is 13.5. The van der Waals surface area contributed by atoms with Gasteiger partial charge in [-0.3, -0.25) is 0 Å². The molecule has 4 aromatic carbocycles. The Morgan fingerprint density at radius 2 is 1.29 bits per heavy atom. The molecule has 0 unspecified atom stereocenters. The standard InChI is InChI=1S/C27H23N/c1-16-9-13-23-26-24(14-10-17(2)25(16)26)28(23)18-11-12-20-19-7-5-6-8-21(19)27(3,4)22(20)15-18/h5-15H,1-4H3. The Labute approximate surface area is 166 Å². The van der Waals surface area contributed by atoms with Crippen molar-refractivity contribution in [3.63, 3.8) is 0 Å². The summed E-state index contributed by atoms with van der Waals surface area (Å²) in [5.41, 5.74) is 12.3. The van der Waals surface area contributed by atoms with E-state index in [2.05, 4.69) is 99.3 Å². The maximum absolute atomic E-state index is 2.42. The predicted octanol–water partition coefficient (Wildman–Crippen LogP) is 7.55. The Morgan fingerprint density at radius 3 is 2.00 bits per heavy atom. The molecule has 4 aromatic rings. The van der Waals surface area contributed by atoms with Crippen molar-refractivity contribution in [1.82, 2.24) is 0 Å². The number of hydrogen-bond donors (Lipinski definition) is 0. The maximum Gasteiger partial charge on any atom is 0.0561 e. The van der Waals surface area contributed by atoms with Crippen molar-refractivity contribution in [1.29, 1.82) is 0 Å². The molecule has 0 saturated carbocycles. The van der Waals surface area contributed by atoms with Gasteiger partial charge in [0.2, 0.25) is 0 Å². The Balaban J connectivity index is 1.54. The van der Waals surface area contributed by atoms with E-state index in [9.17, 15) is 0 Å². The molecule has 0 fully saturated rings. The van der Waals surface area contributed by atoms with Crippen LogP contribution in [-0.2, 0) is 5.41 Å². The highest BCUT2D eigenvalue weighted by molar-refractivity contribution is 6.18. The molecule has 28 heavy (non-hydrogen) atoms. The van der Waals surface area contributed by atoms with Gasteiger partial charge in [0.05, 0.1) is 11.4 Å². The van der Waals surface area contributed by atoms with Gasteiger partial charge in [0.25, 0.3) is 0 Å². The largest absolute Gasteiger partial charge is 0.309 e. The van der Waals surface area contributed by atoms with Crippen LogP contribution in [0.25, 0.3) is 21.9 Å². The second-order valence-corrected chi connectivity index (χ2v) is 8.79. The Bertz CT molecular complexity index is 1260. The van der Waals surface area contributed by atoms with Gasteiger partial charge in [0.1, 0.15) is 0 Å². The fourth-order valence-corrected chi connectivity index (χ4v) is 5.39. The average molecular weight is 361 g/mol. The second-order valence-electron chi connectivity index (χ2n) is 8.79. The fraction of sp³-hybridized carbons (Fsp3) is 0.185. The smallest absolute Gasteiger partial charge is 0.0561 e. The number of fused-ring (bicyclic) bond motifs is 3. The number of anilines is 3. The van der Waals surface area contributed by atoms with E-state index in [0.29, 0.717) is 0 Å². The Hall–Kier alpha value is -3.06. The van der Waals surface area contributed by atoms with Gasteiger partial charge in [-0.1, -0.05) is 56.3 Å². The summed E-state index contributed by atoms with van der Waals surface area (Å²) in [4.78, 5) is 2.42. The zero-order valence-corrected chi connectivity index (χ0v) is 16.8. The predicted molar refractivity (Wildman–Crippen MR) is 119 cm³/mol. The van der Waals surface area contributed by atoms with Crippen molar-refractivity contribution in [3.05, 3.63) is 89.0 Å². The lowest BCUT2D eigenvalue weighted by Gasteiger charge is -2.37. The van der Waals surface area contributed by atoms with E-state index >= 15 is 0 Å². The van der Waals surface area contributed by atoms with Crippen molar-refractivity contribution in [2.24, 2.45) is 0 Å². The molecule has 0 saturated heterocycles. The lowest BCUT2D eigenvalue weighted by molar-refractivity contribution is 0.660. The number of aryl methyl sites for hydroxylation is 2. The van der Waals surface area contributed by atoms with Crippen LogP contribution >= 0.6 is 0 Å². The SMILES string of the molecule is Cc1ccc2c3c(ccc(C)c13)N2c1ccc2c(c1)C(C)(C)c1ccccc1-2. The molecule has 0 N–H and O–H groups in total. The Kier molecular flexibility index (Phi) is 2.88. The second kappa shape index (κ2) is 5.05. The summed E-state index contributed by atoms with van der Waals surface area (Å²) in [5, 5.41) is 2.84. The van der Waals surface area contributed by atoms with E-state index in [-0.39, 0.29) is 5.41 Å². The third kappa shape index (κ3) is 1.77. The molecule has 0 radical (unpaired) electrons. The molecule has 0 spiro atoms. The van der Waals surface area contributed by atoms with E-state index in [4.69, 9.17) is 0 Å². The molecule has 0 aromatic heterocycles. The highest BCUT2D eigenvalue weighted by atomic mass is 15.2. The highest BCUT2D eigenvalue weighted by Gasteiger charge is 2.36. The minimum absolute atomic E-state index is 0.0332. The summed E-state index contributed by atoms with van der Waals surface area (Å²) in [6, 6.07) is 24.9. The third-order valence-electron chi connectivity index (χ3n) is 6.84. The summed E-state index contributed by atoms with van der Waals surface area (Å²) >= 11 is 0. The quantitative estimate of drug-likeness (QED) is 0.298. The molecular weight excluding hydrogens is 338 g/mol. The molecule has 136 valence electrons. The summed E-state index contributed by atoms with van der Waals surface area (Å²) < 4.78 is 0. The van der Waals surface area contributed by atoms with Gasteiger partial charge in [-0.2, -0.15) is 0 Å². The van der Waals surface area contributed by atoms with Crippen LogP contribution in [0.1, 0.15) is 36.1 Å². The zero-order chi connectivity index (χ0) is 19.2. The number of nitrogens with zero attached hydrogens (tertiary/aromatic N) is 1. The first-order valence-electron chi connectivity index (χ1n) is 10.1. The topological polar surface area (TPSA) is 3.24 Å². The molecular formula is C27H23N.